The average Bonchev–Trinajstić information content (AvgIpc) is 1.82. The summed E-state index contributed by atoms with van der Waals surface area (Å²) in [5.74, 6) is 0. The van der Waals surface area contributed by atoms with Gasteiger partial charge in [-0.15, -0.1) is 11.6 Å². The molecule has 0 radical (unpaired) electrons. The predicted molar refractivity (Wildman–Crippen MR) is 33.0 cm³/mol. The summed E-state index contributed by atoms with van der Waals surface area (Å²) in [6.45, 7) is 1.62. The van der Waals surface area contributed by atoms with Crippen LogP contribution in [0.3, 0.4) is 0 Å². The Morgan fingerprint density at radius 3 is 2.50 bits per heavy atom. The van der Waals surface area contributed by atoms with Crippen molar-refractivity contribution >= 4 is 11.6 Å². The minimum atomic E-state index is -0.966. The molecule has 2 atom stereocenters. The molecule has 0 amide bonds. The zero-order valence-electron chi connectivity index (χ0n) is 4.95. The van der Waals surface area contributed by atoms with Gasteiger partial charge < -0.3 is 0 Å². The van der Waals surface area contributed by atoms with Crippen LogP contribution < -0.4 is 0 Å². The molecule has 2 unspecified atom stereocenters. The van der Waals surface area contributed by atoms with E-state index in [0.717, 1.165) is 6.42 Å². The van der Waals surface area contributed by atoms with Gasteiger partial charge in [-0.25, -0.2) is 4.39 Å². The van der Waals surface area contributed by atoms with E-state index in [-0.39, 0.29) is 5.38 Å². The van der Waals surface area contributed by atoms with Crippen molar-refractivity contribution in [2.75, 3.05) is 0 Å². The van der Waals surface area contributed by atoms with Crippen molar-refractivity contribution in [2.24, 2.45) is 0 Å². The van der Waals surface area contributed by atoms with Crippen molar-refractivity contribution < 1.29 is 4.39 Å². The first kappa shape index (κ1) is 6.34. The van der Waals surface area contributed by atoms with Gasteiger partial charge in [-0.3, -0.25) is 0 Å². The van der Waals surface area contributed by atoms with Crippen LogP contribution in [0, 0.1) is 0 Å². The Hall–Kier alpha value is 0.220. The lowest BCUT2D eigenvalue weighted by atomic mass is 10.1. The SMILES string of the molecule is CC1(F)CCC(Cl)C1. The zero-order chi connectivity index (χ0) is 6.20. The first-order valence-corrected chi connectivity index (χ1v) is 3.37. The summed E-state index contributed by atoms with van der Waals surface area (Å²) in [5, 5.41) is 0.0880. The lowest BCUT2D eigenvalue weighted by Gasteiger charge is -2.09. The summed E-state index contributed by atoms with van der Waals surface area (Å²) in [5.41, 5.74) is -0.966. The second-order valence-corrected chi connectivity index (χ2v) is 3.37. The van der Waals surface area contributed by atoms with Crippen LogP contribution in [0.5, 0.6) is 0 Å². The molecule has 0 aromatic heterocycles. The monoisotopic (exact) mass is 136 g/mol. The van der Waals surface area contributed by atoms with Gasteiger partial charge in [-0.2, -0.15) is 0 Å². The highest BCUT2D eigenvalue weighted by atomic mass is 35.5. The van der Waals surface area contributed by atoms with Crippen molar-refractivity contribution in [3.8, 4) is 0 Å². The van der Waals surface area contributed by atoms with Crippen LogP contribution in [-0.2, 0) is 0 Å². The van der Waals surface area contributed by atoms with Gasteiger partial charge >= 0.3 is 0 Å². The Kier molecular flexibility index (Phi) is 1.48. The van der Waals surface area contributed by atoms with Crippen molar-refractivity contribution in [1.82, 2.24) is 0 Å². The van der Waals surface area contributed by atoms with E-state index in [0.29, 0.717) is 12.8 Å². The first-order valence-electron chi connectivity index (χ1n) is 2.93. The maximum absolute atomic E-state index is 12.8. The van der Waals surface area contributed by atoms with Crippen molar-refractivity contribution in [3.63, 3.8) is 0 Å². The molecule has 0 heterocycles. The highest BCUT2D eigenvalue weighted by molar-refractivity contribution is 6.20. The van der Waals surface area contributed by atoms with E-state index in [4.69, 9.17) is 11.6 Å². The van der Waals surface area contributed by atoms with E-state index in [1.165, 1.54) is 0 Å². The summed E-state index contributed by atoms with van der Waals surface area (Å²) >= 11 is 5.66. The van der Waals surface area contributed by atoms with Gasteiger partial charge in [0.15, 0.2) is 0 Å². The molecule has 0 aliphatic heterocycles. The fourth-order valence-corrected chi connectivity index (χ4v) is 1.55. The molecular weight excluding hydrogens is 127 g/mol. The summed E-state index contributed by atoms with van der Waals surface area (Å²) in [6.07, 6.45) is 2.02. The minimum absolute atomic E-state index is 0.0880. The molecule has 0 bridgehead atoms. The fraction of sp³-hybridized carbons (Fsp3) is 1.00. The van der Waals surface area contributed by atoms with Crippen molar-refractivity contribution in [2.45, 2.75) is 37.2 Å². The molecule has 0 aromatic rings. The Labute approximate surface area is 54.0 Å². The quantitative estimate of drug-likeness (QED) is 0.449. The molecule has 0 N–H and O–H groups in total. The molecule has 0 saturated heterocycles. The standard InChI is InChI=1S/C6H10ClF/c1-6(8)3-2-5(7)4-6/h5H,2-4H2,1H3. The van der Waals surface area contributed by atoms with Crippen molar-refractivity contribution in [3.05, 3.63) is 0 Å². The summed E-state index contributed by atoms with van der Waals surface area (Å²) < 4.78 is 12.8. The normalized spacial score (nSPS) is 47.6. The third kappa shape index (κ3) is 1.35. The van der Waals surface area contributed by atoms with E-state index < -0.39 is 5.67 Å². The smallest absolute Gasteiger partial charge is 0.109 e. The Morgan fingerprint density at radius 1 is 1.75 bits per heavy atom. The van der Waals surface area contributed by atoms with Crippen LogP contribution in [0.2, 0.25) is 0 Å². The van der Waals surface area contributed by atoms with E-state index >= 15 is 0 Å². The molecular formula is C6H10ClF. The summed E-state index contributed by atoms with van der Waals surface area (Å²) in [6, 6.07) is 0. The predicted octanol–water partition coefficient (Wildman–Crippen LogP) is 2.51. The highest BCUT2D eigenvalue weighted by Gasteiger charge is 2.33. The van der Waals surface area contributed by atoms with Gasteiger partial charge in [-0.05, 0) is 26.2 Å². The largest absolute Gasteiger partial charge is 0.244 e. The molecule has 0 spiro atoms. The van der Waals surface area contributed by atoms with E-state index in [1.807, 2.05) is 0 Å². The van der Waals surface area contributed by atoms with Crippen LogP contribution in [0.4, 0.5) is 4.39 Å². The lowest BCUT2D eigenvalue weighted by molar-refractivity contribution is 0.200. The van der Waals surface area contributed by atoms with Gasteiger partial charge in [0.1, 0.15) is 5.67 Å². The fourth-order valence-electron chi connectivity index (χ4n) is 1.12. The zero-order valence-corrected chi connectivity index (χ0v) is 5.71. The maximum Gasteiger partial charge on any atom is 0.109 e. The van der Waals surface area contributed by atoms with E-state index in [2.05, 4.69) is 0 Å². The van der Waals surface area contributed by atoms with E-state index in [9.17, 15) is 4.39 Å². The summed E-state index contributed by atoms with van der Waals surface area (Å²) in [4.78, 5) is 0. The van der Waals surface area contributed by atoms with Crippen LogP contribution in [0.15, 0.2) is 0 Å². The third-order valence-electron chi connectivity index (χ3n) is 1.63. The van der Waals surface area contributed by atoms with Gasteiger partial charge in [0.05, 0.1) is 0 Å². The van der Waals surface area contributed by atoms with Gasteiger partial charge in [0, 0.05) is 5.38 Å². The Balaban J connectivity index is 2.44. The Morgan fingerprint density at radius 2 is 2.38 bits per heavy atom. The topological polar surface area (TPSA) is 0 Å². The highest BCUT2D eigenvalue weighted by Crippen LogP contribution is 2.35. The van der Waals surface area contributed by atoms with Crippen LogP contribution in [0.1, 0.15) is 26.2 Å². The van der Waals surface area contributed by atoms with Gasteiger partial charge in [0.2, 0.25) is 0 Å². The first-order chi connectivity index (χ1) is 3.60. The third-order valence-corrected chi connectivity index (χ3v) is 2.00. The average molecular weight is 137 g/mol. The second kappa shape index (κ2) is 1.87. The molecule has 1 aliphatic carbocycles. The van der Waals surface area contributed by atoms with Crippen LogP contribution in [0.25, 0.3) is 0 Å². The number of halogens is 2. The molecule has 2 heteroatoms. The maximum atomic E-state index is 12.8. The Bertz CT molecular complexity index is 90.5. The van der Waals surface area contributed by atoms with Crippen molar-refractivity contribution in [1.29, 1.82) is 0 Å². The molecule has 0 nitrogen and oxygen atoms in total. The molecule has 1 rings (SSSR count). The molecule has 1 fully saturated rings. The number of alkyl halides is 2. The number of hydrogen-bond acceptors (Lipinski definition) is 0. The molecule has 1 saturated carbocycles. The second-order valence-electron chi connectivity index (χ2n) is 2.75. The molecule has 8 heavy (non-hydrogen) atoms. The van der Waals surface area contributed by atoms with Gasteiger partial charge in [-0.1, -0.05) is 0 Å². The van der Waals surface area contributed by atoms with Crippen LogP contribution >= 0.6 is 11.6 Å². The molecule has 0 aromatic carbocycles. The minimum Gasteiger partial charge on any atom is -0.244 e. The molecule has 48 valence electrons. The summed E-state index contributed by atoms with van der Waals surface area (Å²) in [7, 11) is 0. The van der Waals surface area contributed by atoms with E-state index in [1.54, 1.807) is 6.92 Å². The lowest BCUT2D eigenvalue weighted by Crippen LogP contribution is -2.11. The molecule has 1 aliphatic rings. The number of hydrogen-bond donors (Lipinski definition) is 0. The van der Waals surface area contributed by atoms with Crippen LogP contribution in [-0.4, -0.2) is 11.0 Å². The van der Waals surface area contributed by atoms with Gasteiger partial charge in [0.25, 0.3) is 0 Å². The number of rotatable bonds is 0.